The summed E-state index contributed by atoms with van der Waals surface area (Å²) in [6, 6.07) is 5.98. The van der Waals surface area contributed by atoms with Gasteiger partial charge in [-0.15, -0.1) is 0 Å². The van der Waals surface area contributed by atoms with E-state index >= 15 is 0 Å². The van der Waals surface area contributed by atoms with Gasteiger partial charge >= 0.3 is 5.97 Å². The summed E-state index contributed by atoms with van der Waals surface area (Å²) in [6.45, 7) is 0.328. The van der Waals surface area contributed by atoms with Gasteiger partial charge in [0, 0.05) is 16.4 Å². The molecule has 5 atom stereocenters. The highest BCUT2D eigenvalue weighted by molar-refractivity contribution is 14.1. The third kappa shape index (κ3) is 2.27. The van der Waals surface area contributed by atoms with Crippen LogP contribution in [0, 0.1) is 11.8 Å². The first-order valence-corrected chi connectivity index (χ1v) is 8.76. The maximum absolute atomic E-state index is 11.7. The summed E-state index contributed by atoms with van der Waals surface area (Å²) in [5.41, 5.74) is 1.14. The molecule has 1 aromatic rings. The molecule has 1 N–H and O–H groups in total. The predicted molar refractivity (Wildman–Crippen MR) is 86.3 cm³/mol. The summed E-state index contributed by atoms with van der Waals surface area (Å²) in [6.07, 6.45) is 1.24. The summed E-state index contributed by atoms with van der Waals surface area (Å²) >= 11 is 2.37. The molecule has 4 rings (SSSR count). The minimum atomic E-state index is -0.138. The molecule has 118 valence electrons. The number of benzene rings is 1. The number of fused-ring (bicyclic) bond motifs is 2. The first kappa shape index (κ1) is 14.6. The van der Waals surface area contributed by atoms with E-state index < -0.39 is 0 Å². The number of hydrogen-bond acceptors (Lipinski definition) is 5. The third-order valence-electron chi connectivity index (χ3n) is 5.03. The molecule has 0 radical (unpaired) electrons. The molecule has 0 spiro atoms. The van der Waals surface area contributed by atoms with Gasteiger partial charge in [0.2, 0.25) is 6.79 Å². The molecular weight excluding hydrogens is 399 g/mol. The highest BCUT2D eigenvalue weighted by Crippen LogP contribution is 2.50. The molecule has 22 heavy (non-hydrogen) atoms. The van der Waals surface area contributed by atoms with Gasteiger partial charge in [0.05, 0.1) is 6.42 Å². The van der Waals surface area contributed by atoms with Crippen molar-refractivity contribution in [2.45, 2.75) is 28.8 Å². The van der Waals surface area contributed by atoms with Crippen molar-refractivity contribution >= 4 is 28.6 Å². The Morgan fingerprint density at radius 3 is 2.91 bits per heavy atom. The normalized spacial score (nSPS) is 36.1. The van der Waals surface area contributed by atoms with Gasteiger partial charge in [-0.1, -0.05) is 28.7 Å². The monoisotopic (exact) mass is 416 g/mol. The Kier molecular flexibility index (Phi) is 3.68. The van der Waals surface area contributed by atoms with Crippen molar-refractivity contribution in [3.05, 3.63) is 23.8 Å². The average molecular weight is 416 g/mol. The molecule has 0 bridgehead atoms. The molecule has 1 aliphatic carbocycles. The van der Waals surface area contributed by atoms with Crippen LogP contribution in [0.15, 0.2) is 18.2 Å². The zero-order valence-corrected chi connectivity index (χ0v) is 14.1. The predicted octanol–water partition coefficient (Wildman–Crippen LogP) is 2.25. The van der Waals surface area contributed by atoms with Crippen molar-refractivity contribution in [2.24, 2.45) is 11.8 Å². The molecular formula is C16H17IO5. The van der Waals surface area contributed by atoms with E-state index in [2.05, 4.69) is 22.6 Å². The summed E-state index contributed by atoms with van der Waals surface area (Å²) in [5, 5.41) is 9.91. The summed E-state index contributed by atoms with van der Waals surface area (Å²) < 4.78 is 16.6. The van der Waals surface area contributed by atoms with Crippen molar-refractivity contribution < 1.29 is 24.1 Å². The minimum Gasteiger partial charge on any atom is -0.461 e. The van der Waals surface area contributed by atoms with E-state index in [1.807, 2.05) is 18.2 Å². The smallest absolute Gasteiger partial charge is 0.306 e. The van der Waals surface area contributed by atoms with Crippen molar-refractivity contribution in [1.82, 2.24) is 0 Å². The molecule has 3 aliphatic rings. The van der Waals surface area contributed by atoms with Crippen LogP contribution in [0.25, 0.3) is 0 Å². The van der Waals surface area contributed by atoms with Gasteiger partial charge < -0.3 is 19.3 Å². The summed E-state index contributed by atoms with van der Waals surface area (Å²) in [4.78, 5) is 11.7. The van der Waals surface area contributed by atoms with Crippen LogP contribution in [0.1, 0.15) is 24.3 Å². The highest BCUT2D eigenvalue weighted by atomic mass is 127. The van der Waals surface area contributed by atoms with Crippen molar-refractivity contribution in [1.29, 1.82) is 0 Å². The second-order valence-electron chi connectivity index (χ2n) is 6.14. The fourth-order valence-electron chi connectivity index (χ4n) is 3.97. The van der Waals surface area contributed by atoms with Gasteiger partial charge in [0.25, 0.3) is 0 Å². The molecule has 0 unspecified atom stereocenters. The summed E-state index contributed by atoms with van der Waals surface area (Å²) in [5.74, 6) is 1.74. The van der Waals surface area contributed by atoms with Gasteiger partial charge in [-0.3, -0.25) is 4.79 Å². The van der Waals surface area contributed by atoms with Crippen LogP contribution >= 0.6 is 22.6 Å². The lowest BCUT2D eigenvalue weighted by Crippen LogP contribution is -2.42. The third-order valence-corrected chi connectivity index (χ3v) is 6.25. The zero-order chi connectivity index (χ0) is 15.3. The number of carbonyl (C=O) groups excluding carboxylic acids is 1. The molecule has 1 saturated heterocycles. The topological polar surface area (TPSA) is 65.0 Å². The molecule has 2 fully saturated rings. The lowest BCUT2D eigenvalue weighted by atomic mass is 9.68. The van der Waals surface area contributed by atoms with E-state index in [9.17, 15) is 9.90 Å². The second-order valence-corrected chi connectivity index (χ2v) is 7.74. The van der Waals surface area contributed by atoms with Crippen LogP contribution in [0.3, 0.4) is 0 Å². The molecule has 1 saturated carbocycles. The average Bonchev–Trinajstić information content (AvgIpc) is 3.12. The highest BCUT2D eigenvalue weighted by Gasteiger charge is 2.50. The van der Waals surface area contributed by atoms with Gasteiger partial charge in [0.15, 0.2) is 11.5 Å². The number of ether oxygens (including phenoxy) is 3. The Labute approximate surface area is 142 Å². The van der Waals surface area contributed by atoms with Crippen LogP contribution in [0.4, 0.5) is 0 Å². The Morgan fingerprint density at radius 1 is 1.27 bits per heavy atom. The Morgan fingerprint density at radius 2 is 2.09 bits per heavy atom. The van der Waals surface area contributed by atoms with Crippen LogP contribution in [-0.2, 0) is 9.53 Å². The van der Waals surface area contributed by atoms with E-state index in [0.29, 0.717) is 6.42 Å². The lowest BCUT2D eigenvalue weighted by molar-refractivity contribution is -0.141. The summed E-state index contributed by atoms with van der Waals surface area (Å²) in [7, 11) is 0. The second kappa shape index (κ2) is 5.56. The standard InChI is InChI=1S/C16H17IO5/c17-12-4-9(8-1-2-13-14(3-8)21-7-20-13)11(6-18)10-5-15(19)22-16(10)12/h1-3,9-12,16,18H,4-7H2/t9-,10-,11-,12-,16-/m0/s1. The number of carbonyl (C=O) groups is 1. The quantitative estimate of drug-likeness (QED) is 0.455. The fraction of sp³-hybridized carbons (Fsp3) is 0.562. The molecule has 5 nitrogen and oxygen atoms in total. The Balaban J connectivity index is 1.67. The number of aliphatic hydroxyl groups is 1. The van der Waals surface area contributed by atoms with E-state index in [1.54, 1.807) is 0 Å². The Hall–Kier alpha value is -1.02. The van der Waals surface area contributed by atoms with Crippen molar-refractivity contribution in [2.75, 3.05) is 13.4 Å². The molecule has 2 aliphatic heterocycles. The van der Waals surface area contributed by atoms with Crippen LogP contribution in [-0.4, -0.2) is 34.5 Å². The maximum atomic E-state index is 11.7. The van der Waals surface area contributed by atoms with E-state index in [1.165, 1.54) is 0 Å². The number of halogens is 1. The van der Waals surface area contributed by atoms with Crippen molar-refractivity contribution in [3.8, 4) is 11.5 Å². The first-order chi connectivity index (χ1) is 10.7. The fourth-order valence-corrected chi connectivity index (χ4v) is 5.20. The van der Waals surface area contributed by atoms with Crippen LogP contribution < -0.4 is 9.47 Å². The SMILES string of the molecule is O=C1C[C@H]2[C@@H](CO)[C@H](c3ccc4c(c3)OCO4)C[C@H](I)[C@H]2O1. The van der Waals surface area contributed by atoms with Gasteiger partial charge in [-0.05, 0) is 36.0 Å². The molecule has 1 aromatic carbocycles. The first-order valence-electron chi connectivity index (χ1n) is 7.51. The van der Waals surface area contributed by atoms with E-state index in [4.69, 9.17) is 14.2 Å². The number of alkyl halides is 1. The van der Waals surface area contributed by atoms with Crippen molar-refractivity contribution in [3.63, 3.8) is 0 Å². The van der Waals surface area contributed by atoms with E-state index in [-0.39, 0.29) is 47.2 Å². The van der Waals surface area contributed by atoms with Crippen LogP contribution in [0.5, 0.6) is 11.5 Å². The van der Waals surface area contributed by atoms with Crippen LogP contribution in [0.2, 0.25) is 0 Å². The molecule has 0 amide bonds. The molecule has 0 aromatic heterocycles. The minimum absolute atomic E-state index is 0.0443. The van der Waals surface area contributed by atoms with E-state index in [0.717, 1.165) is 23.5 Å². The Bertz CT molecular complexity index is 604. The zero-order valence-electron chi connectivity index (χ0n) is 11.9. The largest absolute Gasteiger partial charge is 0.461 e. The number of rotatable bonds is 2. The number of esters is 1. The lowest BCUT2D eigenvalue weighted by Gasteiger charge is -2.40. The van der Waals surface area contributed by atoms with Gasteiger partial charge in [-0.2, -0.15) is 0 Å². The number of aliphatic hydroxyl groups excluding tert-OH is 1. The molecule has 6 heteroatoms. The maximum Gasteiger partial charge on any atom is 0.306 e. The van der Waals surface area contributed by atoms with Gasteiger partial charge in [0.1, 0.15) is 6.10 Å². The number of hydrogen-bond donors (Lipinski definition) is 1. The van der Waals surface area contributed by atoms with Gasteiger partial charge in [-0.25, -0.2) is 0 Å². The molecule has 2 heterocycles.